The lowest BCUT2D eigenvalue weighted by Crippen LogP contribution is -2.52. The Labute approximate surface area is 286 Å². The number of morpholine rings is 1. The fourth-order valence-electron chi connectivity index (χ4n) is 7.27. The third kappa shape index (κ3) is 7.69. The molecule has 14 heteroatoms. The van der Waals surface area contributed by atoms with Gasteiger partial charge in [-0.1, -0.05) is 6.07 Å². The van der Waals surface area contributed by atoms with Crippen LogP contribution in [0.2, 0.25) is 0 Å². The second-order valence-electron chi connectivity index (χ2n) is 14.1. The number of ether oxygens (including phenoxy) is 3. The van der Waals surface area contributed by atoms with Gasteiger partial charge in [0.25, 0.3) is 5.88 Å². The predicted octanol–water partition coefficient (Wildman–Crippen LogP) is 4.51. The van der Waals surface area contributed by atoms with Crippen molar-refractivity contribution < 1.29 is 19.3 Å². The molecule has 2 N–H and O–H groups in total. The van der Waals surface area contributed by atoms with E-state index >= 15 is 0 Å². The predicted molar refractivity (Wildman–Crippen MR) is 180 cm³/mol. The number of hydrogen-bond acceptors (Lipinski definition) is 12. The normalized spacial score (nSPS) is 23.2. The molecule has 0 amide bonds. The van der Waals surface area contributed by atoms with E-state index in [1.54, 1.807) is 43.3 Å². The van der Waals surface area contributed by atoms with Crippen LogP contribution >= 0.6 is 0 Å². The van der Waals surface area contributed by atoms with E-state index in [1.165, 1.54) is 19.2 Å². The van der Waals surface area contributed by atoms with Gasteiger partial charge in [-0.25, -0.2) is 19.6 Å². The van der Waals surface area contributed by atoms with Crippen molar-refractivity contribution in [1.29, 1.82) is 5.26 Å². The van der Waals surface area contributed by atoms with Crippen LogP contribution in [0.15, 0.2) is 49.4 Å². The quantitative estimate of drug-likeness (QED) is 0.218. The summed E-state index contributed by atoms with van der Waals surface area (Å²) in [6, 6.07) is 9.62. The molecule has 49 heavy (non-hydrogen) atoms. The number of nitrogens with zero attached hydrogens (tertiary/aromatic N) is 9. The summed E-state index contributed by atoms with van der Waals surface area (Å²) in [6.45, 7) is 7.64. The summed E-state index contributed by atoms with van der Waals surface area (Å²) in [5, 5.41) is 32.3. The van der Waals surface area contributed by atoms with Crippen molar-refractivity contribution in [3.05, 3.63) is 55.0 Å². The summed E-state index contributed by atoms with van der Waals surface area (Å²) in [4.78, 5) is 15.9. The summed E-state index contributed by atoms with van der Waals surface area (Å²) in [7, 11) is 0. The van der Waals surface area contributed by atoms with Crippen LogP contribution < -0.4 is 14.8 Å². The van der Waals surface area contributed by atoms with E-state index in [0.717, 1.165) is 50.0 Å². The van der Waals surface area contributed by atoms with Crippen LogP contribution in [0.1, 0.15) is 70.9 Å². The third-order valence-corrected chi connectivity index (χ3v) is 9.59. The molecule has 3 fully saturated rings. The first-order chi connectivity index (χ1) is 23.7. The lowest BCUT2D eigenvalue weighted by Gasteiger charge is -2.43. The lowest BCUT2D eigenvalue weighted by atomic mass is 9.89. The van der Waals surface area contributed by atoms with Crippen LogP contribution in [-0.4, -0.2) is 94.2 Å². The van der Waals surface area contributed by atoms with Gasteiger partial charge in [-0.15, -0.1) is 5.10 Å². The zero-order valence-corrected chi connectivity index (χ0v) is 28.3. The Morgan fingerprint density at radius 3 is 2.43 bits per heavy atom. The van der Waals surface area contributed by atoms with Crippen molar-refractivity contribution in [2.24, 2.45) is 0 Å². The third-order valence-electron chi connectivity index (χ3n) is 9.59. The number of anilines is 2. The van der Waals surface area contributed by atoms with Gasteiger partial charge in [-0.05, 0) is 77.0 Å². The first-order valence-corrected chi connectivity index (χ1v) is 17.1. The van der Waals surface area contributed by atoms with E-state index in [9.17, 15) is 10.4 Å². The van der Waals surface area contributed by atoms with Crippen molar-refractivity contribution >= 4 is 11.6 Å². The number of nitrogens with one attached hydrogen (secondary N) is 1. The van der Waals surface area contributed by atoms with Crippen LogP contribution in [0.3, 0.4) is 0 Å². The van der Waals surface area contributed by atoms with Gasteiger partial charge in [0.15, 0.2) is 0 Å². The molecule has 3 aromatic heterocycles. The maximum Gasteiger partial charge on any atom is 0.257 e. The molecule has 1 saturated carbocycles. The van der Waals surface area contributed by atoms with Gasteiger partial charge in [0.05, 0.1) is 43.2 Å². The fraction of sp³-hybridized carbons (Fsp3) is 0.543. The Morgan fingerprint density at radius 2 is 1.76 bits per heavy atom. The number of benzene rings is 1. The van der Waals surface area contributed by atoms with E-state index in [0.29, 0.717) is 53.5 Å². The fourth-order valence-corrected chi connectivity index (χ4v) is 7.27. The maximum atomic E-state index is 10.4. The van der Waals surface area contributed by atoms with Crippen LogP contribution in [0.5, 0.6) is 11.6 Å². The van der Waals surface area contributed by atoms with Crippen LogP contribution in [0.25, 0.3) is 11.1 Å². The van der Waals surface area contributed by atoms with Crippen LogP contribution in [0.4, 0.5) is 11.6 Å². The Balaban J connectivity index is 1.04. The van der Waals surface area contributed by atoms with Crippen molar-refractivity contribution in [3.8, 4) is 28.8 Å². The molecule has 0 spiro atoms. The van der Waals surface area contributed by atoms with E-state index < -0.39 is 5.60 Å². The summed E-state index contributed by atoms with van der Waals surface area (Å²) in [5.74, 6) is 1.26. The highest BCUT2D eigenvalue weighted by atomic mass is 16.5. The second kappa shape index (κ2) is 14.1. The van der Waals surface area contributed by atoms with Gasteiger partial charge in [0.2, 0.25) is 5.95 Å². The van der Waals surface area contributed by atoms with E-state index in [4.69, 9.17) is 19.3 Å². The van der Waals surface area contributed by atoms with Crippen molar-refractivity contribution in [1.82, 2.24) is 39.4 Å². The summed E-state index contributed by atoms with van der Waals surface area (Å²) < 4.78 is 21.7. The van der Waals surface area contributed by atoms with Gasteiger partial charge in [0, 0.05) is 36.1 Å². The van der Waals surface area contributed by atoms with Gasteiger partial charge in [0.1, 0.15) is 42.9 Å². The SMILES string of the molecule is C[C@@H](Cn1cncn1)Oc1cc(-c2cnc(Nc3cn(C4CCC(N5[C@@H]6CC[C@H]5COC6)CC4)nc3OCC(C)(C)O)nc2)ccc1C#N. The number of aromatic nitrogens is 7. The van der Waals surface area contributed by atoms with Gasteiger partial charge < -0.3 is 24.6 Å². The highest BCUT2D eigenvalue weighted by molar-refractivity contribution is 5.67. The first-order valence-electron chi connectivity index (χ1n) is 17.1. The Kier molecular flexibility index (Phi) is 9.48. The molecule has 4 aromatic rings. The Hall–Kier alpha value is -4.58. The molecule has 2 aliphatic heterocycles. The van der Waals surface area contributed by atoms with E-state index in [-0.39, 0.29) is 18.8 Å². The molecule has 2 bridgehead atoms. The van der Waals surface area contributed by atoms with E-state index in [2.05, 4.69) is 36.3 Å². The molecule has 3 atom stereocenters. The summed E-state index contributed by atoms with van der Waals surface area (Å²) in [6.07, 6.45) is 15.1. The second-order valence-corrected chi connectivity index (χ2v) is 14.1. The van der Waals surface area contributed by atoms with Crippen molar-refractivity contribution in [2.45, 2.75) is 102 Å². The molecular weight excluding hydrogens is 624 g/mol. The molecule has 0 unspecified atom stereocenters. The largest absolute Gasteiger partial charge is 0.487 e. The average molecular weight is 669 g/mol. The topological polar surface area (TPSA) is 161 Å². The number of fused-ring (bicyclic) bond motifs is 2. The van der Waals surface area contributed by atoms with Gasteiger partial charge >= 0.3 is 0 Å². The molecule has 258 valence electrons. The van der Waals surface area contributed by atoms with Crippen molar-refractivity contribution in [2.75, 3.05) is 25.1 Å². The minimum Gasteiger partial charge on any atom is -0.487 e. The maximum absolute atomic E-state index is 10.4. The van der Waals surface area contributed by atoms with Crippen LogP contribution in [-0.2, 0) is 11.3 Å². The summed E-state index contributed by atoms with van der Waals surface area (Å²) in [5.41, 5.74) is 1.64. The van der Waals surface area contributed by atoms with Gasteiger partial charge in [-0.2, -0.15) is 10.4 Å². The number of hydrogen-bond donors (Lipinski definition) is 2. The monoisotopic (exact) mass is 668 g/mol. The molecule has 7 rings (SSSR count). The zero-order valence-electron chi connectivity index (χ0n) is 28.3. The minimum atomic E-state index is -1.02. The highest BCUT2D eigenvalue weighted by Gasteiger charge is 2.42. The molecule has 0 radical (unpaired) electrons. The molecular formula is C35H44N10O4. The first kappa shape index (κ1) is 32.9. The molecule has 14 nitrogen and oxygen atoms in total. The molecule has 5 heterocycles. The molecule has 3 aliphatic rings. The zero-order chi connectivity index (χ0) is 34.0. The smallest absolute Gasteiger partial charge is 0.257 e. The standard InChI is InChI=1S/C35H44N10O4/c1-23(16-43-22-37-21-40-43)49-32-12-24(4-5-25(32)13-36)26-14-38-34(39-15-26)41-31-17-44(42-33(31)48-20-35(2,3)46)27-6-8-28(9-7-27)45-29-10-11-30(45)19-47-18-29/h4-5,12,14-15,17,21-23,27-30,46H,6-11,16,18-20H2,1-3H3,(H,38,39,41)/t23-,27?,28?,29-,30+/m0/s1. The van der Waals surface area contributed by atoms with Gasteiger partial charge in [-0.3, -0.25) is 9.58 Å². The van der Waals surface area contributed by atoms with E-state index in [1.807, 2.05) is 29.9 Å². The average Bonchev–Trinajstić information content (AvgIpc) is 3.81. The Bertz CT molecular complexity index is 1720. The molecule has 1 aromatic carbocycles. The number of rotatable bonds is 12. The molecule has 2 saturated heterocycles. The summed E-state index contributed by atoms with van der Waals surface area (Å²) >= 11 is 0. The van der Waals surface area contributed by atoms with Crippen molar-refractivity contribution in [3.63, 3.8) is 0 Å². The van der Waals surface area contributed by atoms with Crippen LogP contribution in [0, 0.1) is 11.3 Å². The lowest BCUT2D eigenvalue weighted by molar-refractivity contribution is -0.0458. The Morgan fingerprint density at radius 1 is 1.04 bits per heavy atom. The number of aliphatic hydroxyl groups is 1. The highest BCUT2D eigenvalue weighted by Crippen LogP contribution is 2.39. The molecule has 1 aliphatic carbocycles. The number of nitriles is 1. The minimum absolute atomic E-state index is 0.0889.